The number of benzene rings is 1. The van der Waals surface area contributed by atoms with Crippen LogP contribution < -0.4 is 11.2 Å². The molecule has 164 valence electrons. The van der Waals surface area contributed by atoms with E-state index in [1.54, 1.807) is 7.05 Å². The molecule has 3 aromatic rings. The molecule has 1 saturated heterocycles. The second-order valence-electron chi connectivity index (χ2n) is 8.22. The Labute approximate surface area is 184 Å². The lowest BCUT2D eigenvalue weighted by Crippen LogP contribution is -2.40. The molecule has 1 aliphatic heterocycles. The minimum atomic E-state index is -0.420. The van der Waals surface area contributed by atoms with Crippen molar-refractivity contribution in [3.8, 4) is 0 Å². The van der Waals surface area contributed by atoms with Crippen LogP contribution in [0.2, 0.25) is 0 Å². The van der Waals surface area contributed by atoms with Crippen LogP contribution in [0.4, 0.5) is 0 Å². The number of carbonyl (C=O) groups excluding carboxylic acids is 1. The normalized spacial score (nSPS) is 16.7. The van der Waals surface area contributed by atoms with E-state index in [1.807, 2.05) is 39.8 Å². The number of piperidine rings is 1. The SMILES string of the molecule is C[C@H]1CCCN(C(=O)CSc2nc3c(c(=O)n(C)c(=O)n3C)n2Cc2ccccc2)C1. The molecule has 31 heavy (non-hydrogen) atoms. The molecule has 0 saturated carbocycles. The molecule has 1 atom stereocenters. The molecule has 0 N–H and O–H groups in total. The molecule has 0 bridgehead atoms. The first-order valence-electron chi connectivity index (χ1n) is 10.5. The first-order chi connectivity index (χ1) is 14.9. The Hall–Kier alpha value is -2.81. The molecular formula is C22H27N5O3S. The molecule has 0 radical (unpaired) electrons. The molecule has 1 amide bonds. The van der Waals surface area contributed by atoms with Crippen molar-refractivity contribution in [1.29, 1.82) is 0 Å². The van der Waals surface area contributed by atoms with Gasteiger partial charge in [0.05, 0.1) is 12.3 Å². The Morgan fingerprint density at radius 3 is 2.61 bits per heavy atom. The highest BCUT2D eigenvalue weighted by Crippen LogP contribution is 2.24. The van der Waals surface area contributed by atoms with Crippen LogP contribution in [-0.4, -0.2) is 48.3 Å². The fourth-order valence-electron chi connectivity index (χ4n) is 4.08. The van der Waals surface area contributed by atoms with Crippen molar-refractivity contribution in [1.82, 2.24) is 23.6 Å². The summed E-state index contributed by atoms with van der Waals surface area (Å²) in [5.74, 6) is 0.846. The molecule has 1 aliphatic rings. The fourth-order valence-corrected chi connectivity index (χ4v) is 4.98. The second-order valence-corrected chi connectivity index (χ2v) is 9.16. The minimum Gasteiger partial charge on any atom is -0.342 e. The number of thioether (sulfide) groups is 1. The third-order valence-corrected chi connectivity index (χ3v) is 6.79. The van der Waals surface area contributed by atoms with E-state index in [0.717, 1.165) is 36.1 Å². The lowest BCUT2D eigenvalue weighted by atomic mass is 10.0. The lowest BCUT2D eigenvalue weighted by Gasteiger charge is -2.30. The summed E-state index contributed by atoms with van der Waals surface area (Å²) in [6.45, 7) is 4.18. The fraction of sp³-hybridized carbons (Fsp3) is 0.455. The maximum Gasteiger partial charge on any atom is 0.332 e. The van der Waals surface area contributed by atoms with Crippen LogP contribution in [-0.2, 0) is 25.4 Å². The number of fused-ring (bicyclic) bond motifs is 1. The van der Waals surface area contributed by atoms with Crippen molar-refractivity contribution in [2.45, 2.75) is 31.5 Å². The molecule has 1 fully saturated rings. The van der Waals surface area contributed by atoms with Crippen LogP contribution in [0.1, 0.15) is 25.3 Å². The van der Waals surface area contributed by atoms with E-state index in [-0.39, 0.29) is 17.2 Å². The third-order valence-electron chi connectivity index (χ3n) is 5.83. The van der Waals surface area contributed by atoms with Crippen molar-refractivity contribution >= 4 is 28.8 Å². The standard InChI is InChI=1S/C22H27N5O3S/c1-15-8-7-11-26(12-15)17(28)14-31-21-23-19-18(20(29)25(3)22(30)24(19)2)27(21)13-16-9-5-4-6-10-16/h4-6,9-10,15H,7-8,11-14H2,1-3H3/t15-/m0/s1. The maximum absolute atomic E-state index is 13.0. The Morgan fingerprint density at radius 2 is 1.90 bits per heavy atom. The number of amides is 1. The van der Waals surface area contributed by atoms with E-state index >= 15 is 0 Å². The summed E-state index contributed by atoms with van der Waals surface area (Å²) < 4.78 is 4.31. The van der Waals surface area contributed by atoms with E-state index in [2.05, 4.69) is 11.9 Å². The predicted octanol–water partition coefficient (Wildman–Crippen LogP) is 1.83. The van der Waals surface area contributed by atoms with E-state index in [1.165, 1.54) is 23.4 Å². The van der Waals surface area contributed by atoms with Gasteiger partial charge in [0.1, 0.15) is 0 Å². The van der Waals surface area contributed by atoms with Crippen LogP contribution in [0.25, 0.3) is 11.2 Å². The average molecular weight is 442 g/mol. The smallest absolute Gasteiger partial charge is 0.332 e. The highest BCUT2D eigenvalue weighted by Gasteiger charge is 2.23. The number of aromatic nitrogens is 4. The quantitative estimate of drug-likeness (QED) is 0.564. The zero-order chi connectivity index (χ0) is 22.1. The molecule has 0 aliphatic carbocycles. The van der Waals surface area contributed by atoms with E-state index in [4.69, 9.17) is 0 Å². The van der Waals surface area contributed by atoms with Gasteiger partial charge in [0, 0.05) is 27.2 Å². The summed E-state index contributed by atoms with van der Waals surface area (Å²) in [6.07, 6.45) is 2.18. The number of aryl methyl sites for hydroxylation is 1. The number of likely N-dealkylation sites (tertiary alicyclic amines) is 1. The predicted molar refractivity (Wildman–Crippen MR) is 121 cm³/mol. The van der Waals surface area contributed by atoms with Crippen LogP contribution in [0.5, 0.6) is 0 Å². The number of hydrogen-bond donors (Lipinski definition) is 0. The Balaban J connectivity index is 1.71. The van der Waals surface area contributed by atoms with Gasteiger partial charge in [-0.1, -0.05) is 49.0 Å². The zero-order valence-corrected chi connectivity index (χ0v) is 18.9. The van der Waals surface area contributed by atoms with Gasteiger partial charge in [-0.15, -0.1) is 0 Å². The van der Waals surface area contributed by atoms with Crippen LogP contribution in [0.15, 0.2) is 45.1 Å². The monoisotopic (exact) mass is 441 g/mol. The summed E-state index contributed by atoms with van der Waals surface area (Å²) in [6, 6.07) is 9.78. The zero-order valence-electron chi connectivity index (χ0n) is 18.1. The summed E-state index contributed by atoms with van der Waals surface area (Å²) >= 11 is 1.32. The van der Waals surface area contributed by atoms with Gasteiger partial charge in [-0.2, -0.15) is 0 Å². The lowest BCUT2D eigenvalue weighted by molar-refractivity contribution is -0.130. The van der Waals surface area contributed by atoms with Crippen LogP contribution in [0, 0.1) is 5.92 Å². The number of rotatable bonds is 5. The van der Waals surface area contributed by atoms with Crippen LogP contribution >= 0.6 is 11.8 Å². The Morgan fingerprint density at radius 1 is 1.16 bits per heavy atom. The highest BCUT2D eigenvalue weighted by atomic mass is 32.2. The van der Waals surface area contributed by atoms with Gasteiger partial charge in [0.15, 0.2) is 16.3 Å². The van der Waals surface area contributed by atoms with Gasteiger partial charge in [0.25, 0.3) is 5.56 Å². The van der Waals surface area contributed by atoms with Crippen LogP contribution in [0.3, 0.4) is 0 Å². The van der Waals surface area contributed by atoms with E-state index in [9.17, 15) is 14.4 Å². The molecule has 3 heterocycles. The third kappa shape index (κ3) is 4.19. The summed E-state index contributed by atoms with van der Waals surface area (Å²) in [5, 5.41) is 0.565. The molecule has 2 aromatic heterocycles. The molecule has 4 rings (SSSR count). The number of imidazole rings is 1. The van der Waals surface area contributed by atoms with Gasteiger partial charge in [-0.3, -0.25) is 18.7 Å². The Kier molecular flexibility index (Phi) is 6.04. The molecule has 0 unspecified atom stereocenters. The van der Waals surface area contributed by atoms with Gasteiger partial charge in [-0.25, -0.2) is 9.78 Å². The first-order valence-corrected chi connectivity index (χ1v) is 11.5. The summed E-state index contributed by atoms with van der Waals surface area (Å²) in [4.78, 5) is 44.7. The topological polar surface area (TPSA) is 82.1 Å². The summed E-state index contributed by atoms with van der Waals surface area (Å²) in [5.41, 5.74) is 0.915. The second kappa shape index (κ2) is 8.74. The van der Waals surface area contributed by atoms with E-state index < -0.39 is 5.69 Å². The number of nitrogens with zero attached hydrogens (tertiary/aromatic N) is 5. The summed E-state index contributed by atoms with van der Waals surface area (Å²) in [7, 11) is 3.08. The first kappa shape index (κ1) is 21.4. The van der Waals surface area contributed by atoms with Crippen molar-refractivity contribution in [2.75, 3.05) is 18.8 Å². The molecule has 0 spiro atoms. The molecule has 8 nitrogen and oxygen atoms in total. The average Bonchev–Trinajstić information content (AvgIpc) is 3.13. The van der Waals surface area contributed by atoms with Crippen molar-refractivity contribution in [2.24, 2.45) is 20.0 Å². The van der Waals surface area contributed by atoms with Gasteiger partial charge in [0.2, 0.25) is 5.91 Å². The van der Waals surface area contributed by atoms with E-state index in [0.29, 0.717) is 28.8 Å². The number of carbonyl (C=O) groups is 1. The largest absolute Gasteiger partial charge is 0.342 e. The minimum absolute atomic E-state index is 0.0802. The Bertz CT molecular complexity index is 1230. The number of hydrogen-bond acceptors (Lipinski definition) is 5. The van der Waals surface area contributed by atoms with Gasteiger partial charge >= 0.3 is 5.69 Å². The van der Waals surface area contributed by atoms with Gasteiger partial charge < -0.3 is 9.47 Å². The van der Waals surface area contributed by atoms with Crippen molar-refractivity contribution in [3.05, 3.63) is 56.7 Å². The highest BCUT2D eigenvalue weighted by molar-refractivity contribution is 7.99. The molecule has 9 heteroatoms. The molecular weight excluding hydrogens is 414 g/mol. The maximum atomic E-state index is 13.0. The van der Waals surface area contributed by atoms with Crippen molar-refractivity contribution < 1.29 is 4.79 Å². The van der Waals surface area contributed by atoms with Crippen molar-refractivity contribution in [3.63, 3.8) is 0 Å². The molecule has 1 aromatic carbocycles. The van der Waals surface area contributed by atoms with Gasteiger partial charge in [-0.05, 0) is 24.3 Å².